The van der Waals surface area contributed by atoms with Crippen molar-refractivity contribution in [3.8, 4) is 0 Å². The molecule has 0 aliphatic carbocycles. The van der Waals surface area contributed by atoms with Gasteiger partial charge in [-0.25, -0.2) is 17.6 Å². The van der Waals surface area contributed by atoms with E-state index < -0.39 is 23.3 Å². The van der Waals surface area contributed by atoms with E-state index >= 15 is 0 Å². The van der Waals surface area contributed by atoms with Gasteiger partial charge in [-0.05, 0) is 22.9 Å². The summed E-state index contributed by atoms with van der Waals surface area (Å²) in [5.41, 5.74) is 0.740. The zero-order valence-corrected chi connectivity index (χ0v) is 16.0. The molecule has 8 heteroatoms. The van der Waals surface area contributed by atoms with Crippen molar-refractivity contribution < 1.29 is 17.6 Å². The Labute approximate surface area is 162 Å². The Hall–Kier alpha value is -1.74. The Bertz CT molecular complexity index is 983. The average molecular weight is 429 g/mol. The summed E-state index contributed by atoms with van der Waals surface area (Å²) in [7, 11) is 0. The van der Waals surface area contributed by atoms with Gasteiger partial charge in [-0.15, -0.1) is 45.3 Å². The smallest absolute Gasteiger partial charge is 0.177 e. The number of thiophene rings is 4. The highest BCUT2D eigenvalue weighted by atomic mass is 32.1. The van der Waals surface area contributed by atoms with Crippen molar-refractivity contribution in [3.05, 3.63) is 88.6 Å². The maximum Gasteiger partial charge on any atom is 0.177 e. The van der Waals surface area contributed by atoms with Crippen LogP contribution in [-0.2, 0) is 0 Å². The minimum Gasteiger partial charge on any atom is -0.203 e. The first-order valence-corrected chi connectivity index (χ1v) is 10.8. The summed E-state index contributed by atoms with van der Waals surface area (Å²) in [6.07, 6.45) is 0. The third kappa shape index (κ3) is 2.96. The SMILES string of the molecule is Fc1csc(C(=C(c2cccs2)c2scc(F)c2F)c2cccs2)c1F. The maximum atomic E-state index is 14.5. The number of halogens is 4. The van der Waals surface area contributed by atoms with E-state index in [9.17, 15) is 17.6 Å². The second-order valence-corrected chi connectivity index (χ2v) is 8.81. The summed E-state index contributed by atoms with van der Waals surface area (Å²) >= 11 is 4.47. The van der Waals surface area contributed by atoms with Crippen molar-refractivity contribution in [3.63, 3.8) is 0 Å². The van der Waals surface area contributed by atoms with E-state index in [1.807, 2.05) is 0 Å². The van der Waals surface area contributed by atoms with Gasteiger partial charge >= 0.3 is 0 Å². The van der Waals surface area contributed by atoms with Gasteiger partial charge < -0.3 is 0 Å². The second-order valence-electron chi connectivity index (χ2n) is 5.16. The van der Waals surface area contributed by atoms with E-state index in [2.05, 4.69) is 0 Å². The molecule has 0 aliphatic rings. The van der Waals surface area contributed by atoms with Crippen molar-refractivity contribution in [2.24, 2.45) is 0 Å². The van der Waals surface area contributed by atoms with Gasteiger partial charge in [-0.2, -0.15) is 0 Å². The minimum atomic E-state index is -0.982. The lowest BCUT2D eigenvalue weighted by Gasteiger charge is -2.12. The molecule has 26 heavy (non-hydrogen) atoms. The lowest BCUT2D eigenvalue weighted by Crippen LogP contribution is -1.95. The number of hydrogen-bond donors (Lipinski definition) is 0. The molecular formula is C18H8F4S4. The van der Waals surface area contributed by atoms with Gasteiger partial charge in [-0.1, -0.05) is 12.1 Å². The lowest BCUT2D eigenvalue weighted by molar-refractivity contribution is 0.514. The molecule has 4 aromatic rings. The van der Waals surface area contributed by atoms with Crippen LogP contribution in [0.2, 0.25) is 0 Å². The molecule has 132 valence electrons. The van der Waals surface area contributed by atoms with Gasteiger partial charge in [0, 0.05) is 31.7 Å². The van der Waals surface area contributed by atoms with Crippen LogP contribution in [0.5, 0.6) is 0 Å². The molecule has 0 bridgehead atoms. The minimum absolute atomic E-state index is 0.0709. The highest BCUT2D eigenvalue weighted by molar-refractivity contribution is 7.16. The molecule has 0 spiro atoms. The van der Waals surface area contributed by atoms with Crippen molar-refractivity contribution in [1.29, 1.82) is 0 Å². The molecule has 0 saturated heterocycles. The summed E-state index contributed by atoms with van der Waals surface area (Å²) < 4.78 is 56.4. The summed E-state index contributed by atoms with van der Waals surface area (Å²) in [4.78, 5) is 1.45. The van der Waals surface area contributed by atoms with Gasteiger partial charge in [-0.3, -0.25) is 0 Å². The van der Waals surface area contributed by atoms with Crippen LogP contribution in [0, 0.1) is 23.3 Å². The van der Waals surface area contributed by atoms with Gasteiger partial charge in [0.25, 0.3) is 0 Å². The Morgan fingerprint density at radius 2 is 1.04 bits per heavy atom. The molecule has 0 N–H and O–H groups in total. The first-order valence-electron chi connectivity index (χ1n) is 7.25. The fourth-order valence-corrected chi connectivity index (χ4v) is 5.93. The Morgan fingerprint density at radius 3 is 1.31 bits per heavy atom. The van der Waals surface area contributed by atoms with Crippen molar-refractivity contribution in [2.45, 2.75) is 0 Å². The third-order valence-corrected chi connectivity index (χ3v) is 7.28. The summed E-state index contributed by atoms with van der Waals surface area (Å²) in [6.45, 7) is 0. The third-order valence-electron chi connectivity index (χ3n) is 3.62. The normalized spacial score (nSPS) is 12.5. The molecular weight excluding hydrogens is 420 g/mol. The molecule has 0 amide bonds. The van der Waals surface area contributed by atoms with Gasteiger partial charge in [0.2, 0.25) is 0 Å². The van der Waals surface area contributed by atoms with Gasteiger partial charge in [0.05, 0.1) is 9.75 Å². The van der Waals surface area contributed by atoms with Crippen LogP contribution in [0.3, 0.4) is 0 Å². The zero-order valence-electron chi connectivity index (χ0n) is 12.8. The van der Waals surface area contributed by atoms with E-state index in [0.29, 0.717) is 20.9 Å². The van der Waals surface area contributed by atoms with Crippen LogP contribution >= 0.6 is 45.3 Å². The van der Waals surface area contributed by atoms with Crippen molar-refractivity contribution in [2.75, 3.05) is 0 Å². The fraction of sp³-hybridized carbons (Fsp3) is 0. The number of rotatable bonds is 4. The maximum absolute atomic E-state index is 14.5. The lowest BCUT2D eigenvalue weighted by atomic mass is 10.0. The first kappa shape index (κ1) is 17.7. The second kappa shape index (κ2) is 7.11. The van der Waals surface area contributed by atoms with Crippen LogP contribution in [0.15, 0.2) is 45.8 Å². The standard InChI is InChI=1S/C18H8F4S4/c19-9-7-25-17(15(9)21)13(11-3-1-5-23-11)14(12-4-2-6-24-12)18-16(22)10(20)8-26-18/h1-8H. The predicted octanol–water partition coefficient (Wildman–Crippen LogP) is 7.50. The summed E-state index contributed by atoms with van der Waals surface area (Å²) in [5.74, 6) is -3.88. The highest BCUT2D eigenvalue weighted by Crippen LogP contribution is 2.45. The molecule has 4 heterocycles. The molecule has 0 aliphatic heterocycles. The molecule has 0 atom stereocenters. The zero-order chi connectivity index (χ0) is 18.3. The topological polar surface area (TPSA) is 0 Å². The van der Waals surface area contributed by atoms with Gasteiger partial charge in [0.1, 0.15) is 0 Å². The fourth-order valence-electron chi connectivity index (χ4n) is 2.52. The molecule has 0 fully saturated rings. The number of hydrogen-bond acceptors (Lipinski definition) is 4. The summed E-state index contributed by atoms with van der Waals surface area (Å²) in [6, 6.07) is 7.07. The van der Waals surface area contributed by atoms with E-state index in [1.54, 1.807) is 35.0 Å². The Kier molecular flexibility index (Phi) is 4.83. The van der Waals surface area contributed by atoms with Gasteiger partial charge in [0.15, 0.2) is 23.3 Å². The molecule has 0 aromatic carbocycles. The van der Waals surface area contributed by atoms with E-state index in [4.69, 9.17) is 0 Å². The first-order chi connectivity index (χ1) is 12.6. The average Bonchev–Trinajstić information content (AvgIpc) is 3.41. The van der Waals surface area contributed by atoms with Crippen LogP contribution in [0.4, 0.5) is 17.6 Å². The van der Waals surface area contributed by atoms with Crippen LogP contribution in [0.25, 0.3) is 11.1 Å². The van der Waals surface area contributed by atoms with E-state index in [1.165, 1.54) is 22.7 Å². The molecule has 0 nitrogen and oxygen atoms in total. The molecule has 0 saturated carbocycles. The Morgan fingerprint density at radius 1 is 0.615 bits per heavy atom. The van der Waals surface area contributed by atoms with Crippen LogP contribution in [0.1, 0.15) is 19.5 Å². The molecule has 0 radical (unpaired) electrons. The quantitative estimate of drug-likeness (QED) is 0.295. The monoisotopic (exact) mass is 428 g/mol. The van der Waals surface area contributed by atoms with Crippen LogP contribution in [-0.4, -0.2) is 0 Å². The van der Waals surface area contributed by atoms with E-state index in [-0.39, 0.29) is 9.75 Å². The molecule has 4 aromatic heterocycles. The van der Waals surface area contributed by atoms with Crippen molar-refractivity contribution >= 4 is 56.5 Å². The molecule has 0 unspecified atom stereocenters. The van der Waals surface area contributed by atoms with Crippen LogP contribution < -0.4 is 0 Å². The van der Waals surface area contributed by atoms with E-state index in [0.717, 1.165) is 33.4 Å². The highest BCUT2D eigenvalue weighted by Gasteiger charge is 2.27. The van der Waals surface area contributed by atoms with Crippen molar-refractivity contribution in [1.82, 2.24) is 0 Å². The molecule has 4 rings (SSSR count). The predicted molar refractivity (Wildman–Crippen MR) is 102 cm³/mol. The Balaban J connectivity index is 2.12. The largest absolute Gasteiger partial charge is 0.203 e. The summed E-state index contributed by atoms with van der Waals surface area (Å²) in [5, 5.41) is 5.76.